The van der Waals surface area contributed by atoms with E-state index in [-0.39, 0.29) is 35.5 Å². The molecule has 154 valence electrons. The second-order valence-corrected chi connectivity index (χ2v) is 8.37. The van der Waals surface area contributed by atoms with Gasteiger partial charge in [-0.1, -0.05) is 26.7 Å². The second kappa shape index (κ2) is 10.2. The summed E-state index contributed by atoms with van der Waals surface area (Å²) in [5.41, 5.74) is -0.0564. The van der Waals surface area contributed by atoms with E-state index in [4.69, 9.17) is 0 Å². The summed E-state index contributed by atoms with van der Waals surface area (Å²) in [4.78, 5) is 13.7. The summed E-state index contributed by atoms with van der Waals surface area (Å²) in [5.74, 6) is 1.87. The molecule has 27 heavy (non-hydrogen) atoms. The molecule has 0 spiro atoms. The number of nitrogens with one attached hydrogen (secondary N) is 1. The van der Waals surface area contributed by atoms with E-state index in [1.165, 1.54) is 18.0 Å². The van der Waals surface area contributed by atoms with Gasteiger partial charge >= 0.3 is 0 Å². The van der Waals surface area contributed by atoms with Gasteiger partial charge in [0.2, 0.25) is 5.13 Å². The Bertz CT molecular complexity index is 619. The van der Waals surface area contributed by atoms with Gasteiger partial charge in [0.25, 0.3) is 0 Å². The molecule has 0 radical (unpaired) electrons. The van der Waals surface area contributed by atoms with Crippen LogP contribution in [-0.2, 0) is 6.42 Å². The van der Waals surface area contributed by atoms with Crippen molar-refractivity contribution in [2.75, 3.05) is 44.7 Å². The fraction of sp³-hybridized carbons (Fsp3) is 0.833. The number of hydrogen-bond acceptors (Lipinski definition) is 6. The Kier molecular flexibility index (Phi) is 8.54. The second-order valence-electron chi connectivity index (χ2n) is 7.64. The van der Waals surface area contributed by atoms with E-state index in [2.05, 4.69) is 43.3 Å². The zero-order valence-electron chi connectivity index (χ0n) is 16.6. The summed E-state index contributed by atoms with van der Waals surface area (Å²) < 4.78 is 4.39. The first kappa shape index (κ1) is 22.6. The molecule has 1 aliphatic heterocycles. The zero-order chi connectivity index (χ0) is 18.6. The van der Waals surface area contributed by atoms with Gasteiger partial charge in [0.05, 0.1) is 6.10 Å². The Morgan fingerprint density at radius 3 is 2.67 bits per heavy atom. The molecule has 2 N–H and O–H groups in total. The van der Waals surface area contributed by atoms with Crippen LogP contribution >= 0.6 is 35.5 Å². The SMILES string of the molecule is CCc1nsc(N2CCN(C(=NC)NCC3(C)CCCCC3O)CC2)n1.I. The van der Waals surface area contributed by atoms with Crippen molar-refractivity contribution in [3.05, 3.63) is 5.82 Å². The number of aliphatic hydroxyl groups is 1. The third-order valence-electron chi connectivity index (χ3n) is 5.77. The van der Waals surface area contributed by atoms with Crippen LogP contribution in [0, 0.1) is 5.41 Å². The lowest BCUT2D eigenvalue weighted by Crippen LogP contribution is -2.55. The molecule has 2 aliphatic rings. The molecule has 1 aromatic rings. The van der Waals surface area contributed by atoms with Crippen LogP contribution < -0.4 is 10.2 Å². The summed E-state index contributed by atoms with van der Waals surface area (Å²) in [6, 6.07) is 0. The van der Waals surface area contributed by atoms with E-state index in [0.717, 1.165) is 75.3 Å². The van der Waals surface area contributed by atoms with Crippen LogP contribution in [0.4, 0.5) is 5.13 Å². The number of aromatic nitrogens is 2. The maximum Gasteiger partial charge on any atom is 0.205 e. The van der Waals surface area contributed by atoms with Crippen LogP contribution in [0.3, 0.4) is 0 Å². The number of anilines is 1. The molecule has 0 bridgehead atoms. The number of aryl methyl sites for hydroxylation is 1. The minimum Gasteiger partial charge on any atom is -0.392 e. The lowest BCUT2D eigenvalue weighted by Gasteiger charge is -2.41. The van der Waals surface area contributed by atoms with E-state index >= 15 is 0 Å². The Hall–Kier alpha value is -0.680. The van der Waals surface area contributed by atoms with Crippen LogP contribution in [0.25, 0.3) is 0 Å². The zero-order valence-corrected chi connectivity index (χ0v) is 19.8. The fourth-order valence-corrected chi connectivity index (χ4v) is 4.63. The summed E-state index contributed by atoms with van der Waals surface area (Å²) in [5, 5.41) is 14.9. The first-order valence-corrected chi connectivity index (χ1v) is 10.5. The smallest absolute Gasteiger partial charge is 0.205 e. The van der Waals surface area contributed by atoms with Crippen molar-refractivity contribution in [2.24, 2.45) is 10.4 Å². The van der Waals surface area contributed by atoms with Crippen molar-refractivity contribution >= 4 is 46.6 Å². The lowest BCUT2D eigenvalue weighted by atomic mass is 9.73. The average molecular weight is 508 g/mol. The highest BCUT2D eigenvalue weighted by atomic mass is 127. The van der Waals surface area contributed by atoms with Gasteiger partial charge < -0.3 is 20.2 Å². The van der Waals surface area contributed by atoms with Gasteiger partial charge in [-0.05, 0) is 12.8 Å². The molecule has 1 saturated carbocycles. The highest BCUT2D eigenvalue weighted by Crippen LogP contribution is 2.35. The van der Waals surface area contributed by atoms with Crippen LogP contribution in [0.15, 0.2) is 4.99 Å². The van der Waals surface area contributed by atoms with E-state index in [0.29, 0.717) is 0 Å². The molecule has 9 heteroatoms. The lowest BCUT2D eigenvalue weighted by molar-refractivity contribution is 0.00364. The third-order valence-corrected chi connectivity index (χ3v) is 6.58. The van der Waals surface area contributed by atoms with E-state index in [9.17, 15) is 5.11 Å². The summed E-state index contributed by atoms with van der Waals surface area (Å²) in [6.07, 6.45) is 4.99. The molecule has 1 aliphatic carbocycles. The monoisotopic (exact) mass is 508 g/mol. The standard InChI is InChI=1S/C18H32N6OS.HI/c1-4-15-21-17(26-22-15)24-11-9-23(10-12-24)16(19-3)20-13-18(2)8-6-5-7-14(18)25;/h14,25H,4-13H2,1-3H3,(H,19,20);1H. The maximum atomic E-state index is 10.4. The Balaban J connectivity index is 0.00000261. The fourth-order valence-electron chi connectivity index (χ4n) is 3.83. The summed E-state index contributed by atoms with van der Waals surface area (Å²) >= 11 is 1.50. The van der Waals surface area contributed by atoms with Crippen molar-refractivity contribution in [1.82, 2.24) is 19.6 Å². The number of rotatable bonds is 4. The number of aliphatic imine (C=N–C) groups is 1. The highest BCUT2D eigenvalue weighted by molar-refractivity contribution is 14.0. The molecule has 0 aromatic carbocycles. The van der Waals surface area contributed by atoms with Crippen molar-refractivity contribution in [2.45, 2.75) is 52.1 Å². The quantitative estimate of drug-likeness (QED) is 0.370. The summed E-state index contributed by atoms with van der Waals surface area (Å²) in [7, 11) is 1.84. The molecule has 0 amide bonds. The maximum absolute atomic E-state index is 10.4. The number of nitrogens with zero attached hydrogens (tertiary/aromatic N) is 5. The predicted molar refractivity (Wildman–Crippen MR) is 122 cm³/mol. The van der Waals surface area contributed by atoms with Crippen LogP contribution in [0.2, 0.25) is 0 Å². The van der Waals surface area contributed by atoms with Gasteiger partial charge in [-0.2, -0.15) is 4.37 Å². The molecular formula is C18H33IN6OS. The van der Waals surface area contributed by atoms with Crippen molar-refractivity contribution in [3.63, 3.8) is 0 Å². The van der Waals surface area contributed by atoms with Crippen LogP contribution in [0.1, 0.15) is 45.4 Å². The third kappa shape index (κ3) is 5.44. The van der Waals surface area contributed by atoms with Crippen LogP contribution in [0.5, 0.6) is 0 Å². The highest BCUT2D eigenvalue weighted by Gasteiger charge is 2.35. The van der Waals surface area contributed by atoms with E-state index < -0.39 is 0 Å². The van der Waals surface area contributed by atoms with Gasteiger partial charge in [0.15, 0.2) is 5.96 Å². The number of hydrogen-bond donors (Lipinski definition) is 2. The van der Waals surface area contributed by atoms with Crippen molar-refractivity contribution in [3.8, 4) is 0 Å². The van der Waals surface area contributed by atoms with E-state index in [1.54, 1.807) is 0 Å². The van der Waals surface area contributed by atoms with Gasteiger partial charge in [0.1, 0.15) is 5.82 Å². The first-order valence-electron chi connectivity index (χ1n) is 9.77. The number of halogens is 1. The molecule has 7 nitrogen and oxygen atoms in total. The molecule has 2 fully saturated rings. The number of guanidine groups is 1. The largest absolute Gasteiger partial charge is 0.392 e. The van der Waals surface area contributed by atoms with Gasteiger partial charge in [-0.25, -0.2) is 4.98 Å². The average Bonchev–Trinajstić information content (AvgIpc) is 3.15. The molecule has 1 aromatic heterocycles. The van der Waals surface area contributed by atoms with Crippen molar-refractivity contribution < 1.29 is 5.11 Å². The summed E-state index contributed by atoms with van der Waals surface area (Å²) in [6.45, 7) is 8.74. The molecule has 2 atom stereocenters. The van der Waals surface area contributed by atoms with E-state index in [1.807, 2.05) is 7.05 Å². The Morgan fingerprint density at radius 2 is 2.07 bits per heavy atom. The first-order chi connectivity index (χ1) is 12.6. The van der Waals surface area contributed by atoms with Gasteiger partial charge in [0, 0.05) is 63.1 Å². The normalized spacial score (nSPS) is 26.7. The minimum absolute atomic E-state index is 0. The van der Waals surface area contributed by atoms with Crippen LogP contribution in [-0.4, -0.2) is 71.2 Å². The molecule has 3 rings (SSSR count). The van der Waals surface area contributed by atoms with Gasteiger partial charge in [-0.15, -0.1) is 24.0 Å². The molecular weight excluding hydrogens is 475 g/mol. The molecule has 2 heterocycles. The predicted octanol–water partition coefficient (Wildman–Crippen LogP) is 2.36. The number of piperazine rings is 1. The van der Waals surface area contributed by atoms with Crippen molar-refractivity contribution in [1.29, 1.82) is 0 Å². The Labute approximate surface area is 183 Å². The van der Waals surface area contributed by atoms with Gasteiger partial charge in [-0.3, -0.25) is 4.99 Å². The number of aliphatic hydroxyl groups excluding tert-OH is 1. The minimum atomic E-state index is -0.219. The molecule has 2 unspecified atom stereocenters. The Morgan fingerprint density at radius 1 is 1.33 bits per heavy atom. The topological polar surface area (TPSA) is 76.9 Å². The molecule has 1 saturated heterocycles.